The van der Waals surface area contributed by atoms with Gasteiger partial charge in [0.15, 0.2) is 0 Å². The first-order chi connectivity index (χ1) is 14.9. The molecule has 0 atom stereocenters. The maximum Gasteiger partial charge on any atom is 0.285 e. The van der Waals surface area contributed by atoms with Gasteiger partial charge in [0.25, 0.3) is 5.24 Å². The van der Waals surface area contributed by atoms with E-state index in [9.17, 15) is 14.4 Å². The molecular weight excluding hydrogens is 410 g/mol. The number of carbonyl (C=O) groups is 3. The molecule has 6 nitrogen and oxygen atoms in total. The predicted molar refractivity (Wildman–Crippen MR) is 124 cm³/mol. The molecule has 164 valence electrons. The molecule has 1 saturated heterocycles. The minimum Gasteiger partial charge on any atom is -0.343 e. The van der Waals surface area contributed by atoms with Gasteiger partial charge in [-0.1, -0.05) is 30.3 Å². The summed E-state index contributed by atoms with van der Waals surface area (Å²) < 4.78 is 0. The molecule has 1 heterocycles. The van der Waals surface area contributed by atoms with Crippen LogP contribution >= 0.6 is 11.8 Å². The first-order valence-electron chi connectivity index (χ1n) is 10.5. The van der Waals surface area contributed by atoms with Crippen LogP contribution < -0.4 is 5.32 Å². The predicted octanol–water partition coefficient (Wildman–Crippen LogP) is 4.27. The lowest BCUT2D eigenvalue weighted by Crippen LogP contribution is -2.41. The van der Waals surface area contributed by atoms with Gasteiger partial charge in [0, 0.05) is 50.1 Å². The molecule has 2 aromatic rings. The van der Waals surface area contributed by atoms with Crippen LogP contribution in [0.25, 0.3) is 0 Å². The number of hydrogen-bond donors (Lipinski definition) is 1. The second kappa shape index (κ2) is 11.0. The van der Waals surface area contributed by atoms with Crippen LogP contribution in [0.1, 0.15) is 24.8 Å². The number of nitrogens with one attached hydrogen (secondary N) is 1. The quantitative estimate of drug-likeness (QED) is 0.683. The molecule has 1 fully saturated rings. The highest BCUT2D eigenvalue weighted by molar-refractivity contribution is 8.13. The summed E-state index contributed by atoms with van der Waals surface area (Å²) in [6.45, 7) is 1.24. The SMILES string of the molecule is CN(C)C(=O)Sc1ccc(NC(=O)C2CCN(C(=O)CCc3ccccc3)CC2)cc1. The third-order valence-electron chi connectivity index (χ3n) is 5.38. The summed E-state index contributed by atoms with van der Waals surface area (Å²) in [5, 5.41) is 2.92. The molecule has 0 unspecified atom stereocenters. The molecule has 0 spiro atoms. The van der Waals surface area contributed by atoms with E-state index in [0.717, 1.165) is 23.1 Å². The summed E-state index contributed by atoms with van der Waals surface area (Å²) in [5.41, 5.74) is 1.88. The van der Waals surface area contributed by atoms with Gasteiger partial charge in [-0.15, -0.1) is 0 Å². The van der Waals surface area contributed by atoms with Crippen LogP contribution in [0.15, 0.2) is 59.5 Å². The van der Waals surface area contributed by atoms with Crippen LogP contribution in [0.2, 0.25) is 0 Å². The Bertz CT molecular complexity index is 892. The van der Waals surface area contributed by atoms with Gasteiger partial charge in [-0.2, -0.15) is 0 Å². The summed E-state index contributed by atoms with van der Waals surface area (Å²) >= 11 is 1.15. The van der Waals surface area contributed by atoms with E-state index >= 15 is 0 Å². The maximum absolute atomic E-state index is 12.6. The molecule has 0 saturated carbocycles. The molecule has 0 aliphatic carbocycles. The molecule has 2 aromatic carbocycles. The van der Waals surface area contributed by atoms with Crippen molar-refractivity contribution in [1.82, 2.24) is 9.80 Å². The number of thioether (sulfide) groups is 1. The zero-order valence-electron chi connectivity index (χ0n) is 18.0. The van der Waals surface area contributed by atoms with Crippen molar-refractivity contribution in [2.45, 2.75) is 30.6 Å². The average molecular weight is 440 g/mol. The Morgan fingerprint density at radius 2 is 1.65 bits per heavy atom. The number of carbonyl (C=O) groups excluding carboxylic acids is 3. The molecule has 7 heteroatoms. The number of aryl methyl sites for hydroxylation is 1. The number of likely N-dealkylation sites (tertiary alicyclic amines) is 1. The molecular formula is C24H29N3O3S. The van der Waals surface area contributed by atoms with Gasteiger partial charge in [0.1, 0.15) is 0 Å². The summed E-state index contributed by atoms with van der Waals surface area (Å²) in [4.78, 5) is 41.1. The number of benzene rings is 2. The van der Waals surface area contributed by atoms with E-state index in [4.69, 9.17) is 0 Å². The Morgan fingerprint density at radius 1 is 1.00 bits per heavy atom. The molecule has 3 amide bonds. The van der Waals surface area contributed by atoms with Gasteiger partial charge in [0.2, 0.25) is 11.8 Å². The topological polar surface area (TPSA) is 69.7 Å². The van der Waals surface area contributed by atoms with Crippen LogP contribution in [-0.4, -0.2) is 54.0 Å². The average Bonchev–Trinajstić information content (AvgIpc) is 2.79. The number of amides is 3. The minimum absolute atomic E-state index is 0.0128. The lowest BCUT2D eigenvalue weighted by Gasteiger charge is -2.31. The van der Waals surface area contributed by atoms with Crippen LogP contribution in [0.5, 0.6) is 0 Å². The van der Waals surface area contributed by atoms with Crippen molar-refractivity contribution in [2.24, 2.45) is 5.92 Å². The monoisotopic (exact) mass is 439 g/mol. The van der Waals surface area contributed by atoms with E-state index in [0.29, 0.717) is 38.0 Å². The van der Waals surface area contributed by atoms with Crippen molar-refractivity contribution in [3.8, 4) is 0 Å². The molecule has 1 aliphatic rings. The minimum atomic E-state index is -0.0949. The fourth-order valence-electron chi connectivity index (χ4n) is 3.49. The first-order valence-corrected chi connectivity index (χ1v) is 11.4. The third kappa shape index (κ3) is 6.85. The Labute approximate surface area is 188 Å². The number of anilines is 1. The fraction of sp³-hybridized carbons (Fsp3) is 0.375. The molecule has 1 N–H and O–H groups in total. The van der Waals surface area contributed by atoms with Gasteiger partial charge in [-0.05, 0) is 60.9 Å². The van der Waals surface area contributed by atoms with Gasteiger partial charge >= 0.3 is 0 Å². The van der Waals surface area contributed by atoms with E-state index < -0.39 is 0 Å². The smallest absolute Gasteiger partial charge is 0.285 e. The van der Waals surface area contributed by atoms with Gasteiger partial charge in [-0.25, -0.2) is 0 Å². The Morgan fingerprint density at radius 3 is 2.26 bits per heavy atom. The molecule has 1 aliphatic heterocycles. The maximum atomic E-state index is 12.6. The molecule has 3 rings (SSSR count). The number of nitrogens with zero attached hydrogens (tertiary/aromatic N) is 2. The Kier molecular flexibility index (Phi) is 8.12. The van der Waals surface area contributed by atoms with E-state index in [1.807, 2.05) is 59.5 Å². The summed E-state index contributed by atoms with van der Waals surface area (Å²) in [6, 6.07) is 17.3. The molecule has 0 bridgehead atoms. The zero-order valence-corrected chi connectivity index (χ0v) is 18.9. The van der Waals surface area contributed by atoms with E-state index in [-0.39, 0.29) is 23.0 Å². The highest BCUT2D eigenvalue weighted by Gasteiger charge is 2.27. The highest BCUT2D eigenvalue weighted by atomic mass is 32.2. The standard InChI is InChI=1S/C24H29N3O3S/c1-26(2)24(30)31-21-11-9-20(10-12-21)25-23(29)19-14-16-27(17-15-19)22(28)13-8-18-6-4-3-5-7-18/h3-7,9-12,19H,8,13-17H2,1-2H3,(H,25,29). The summed E-state index contributed by atoms with van der Waals surface area (Å²) in [6.07, 6.45) is 2.60. The number of piperidine rings is 1. The molecule has 31 heavy (non-hydrogen) atoms. The van der Waals surface area contributed by atoms with Crippen LogP contribution in [-0.2, 0) is 16.0 Å². The second-order valence-electron chi connectivity index (χ2n) is 7.92. The molecule has 0 aromatic heterocycles. The van der Waals surface area contributed by atoms with Gasteiger partial charge in [-0.3, -0.25) is 14.4 Å². The first kappa shape index (κ1) is 22.9. The van der Waals surface area contributed by atoms with Gasteiger partial charge in [0.05, 0.1) is 0 Å². The van der Waals surface area contributed by atoms with Gasteiger partial charge < -0.3 is 15.1 Å². The van der Waals surface area contributed by atoms with Crippen LogP contribution in [0.3, 0.4) is 0 Å². The third-order valence-corrected chi connectivity index (χ3v) is 6.43. The highest BCUT2D eigenvalue weighted by Crippen LogP contribution is 2.24. The Hall–Kier alpha value is -2.80. The lowest BCUT2D eigenvalue weighted by atomic mass is 9.95. The normalized spacial score (nSPS) is 14.2. The van der Waals surface area contributed by atoms with Crippen molar-refractivity contribution in [2.75, 3.05) is 32.5 Å². The van der Waals surface area contributed by atoms with Crippen molar-refractivity contribution in [3.05, 3.63) is 60.2 Å². The van der Waals surface area contributed by atoms with E-state index in [1.165, 1.54) is 10.5 Å². The van der Waals surface area contributed by atoms with E-state index in [2.05, 4.69) is 5.32 Å². The summed E-state index contributed by atoms with van der Waals surface area (Å²) in [7, 11) is 3.43. The van der Waals surface area contributed by atoms with Crippen molar-refractivity contribution in [3.63, 3.8) is 0 Å². The van der Waals surface area contributed by atoms with Crippen LogP contribution in [0, 0.1) is 5.92 Å². The molecule has 0 radical (unpaired) electrons. The van der Waals surface area contributed by atoms with Crippen molar-refractivity contribution >= 4 is 34.5 Å². The largest absolute Gasteiger partial charge is 0.343 e. The van der Waals surface area contributed by atoms with Crippen molar-refractivity contribution in [1.29, 1.82) is 0 Å². The summed E-state index contributed by atoms with van der Waals surface area (Å²) in [5.74, 6) is 0.0479. The fourth-order valence-corrected chi connectivity index (χ4v) is 4.14. The van der Waals surface area contributed by atoms with E-state index in [1.54, 1.807) is 14.1 Å². The van der Waals surface area contributed by atoms with Crippen LogP contribution in [0.4, 0.5) is 10.5 Å². The number of hydrogen-bond acceptors (Lipinski definition) is 4. The second-order valence-corrected chi connectivity index (χ2v) is 8.94. The number of rotatable bonds is 6. The zero-order chi connectivity index (χ0) is 22.2. The van der Waals surface area contributed by atoms with Crippen molar-refractivity contribution < 1.29 is 14.4 Å². The lowest BCUT2D eigenvalue weighted by molar-refractivity contribution is -0.134. The Balaban J connectivity index is 1.42.